The van der Waals surface area contributed by atoms with Crippen LogP contribution in [0.15, 0.2) is 43.4 Å². The lowest BCUT2D eigenvalue weighted by atomic mass is 9.71. The van der Waals surface area contributed by atoms with Crippen LogP contribution in [0.4, 0.5) is 0 Å². The third-order valence-corrected chi connectivity index (χ3v) is 8.80. The monoisotopic (exact) mass is 500 g/mol. The molecule has 2 aromatic rings. The molecule has 2 aromatic carbocycles. The second-order valence-corrected chi connectivity index (χ2v) is 11.7. The molecule has 4 rings (SSSR count). The van der Waals surface area contributed by atoms with E-state index in [-0.39, 0.29) is 32.4 Å². The smallest absolute Gasteiger partial charge is 0.234 e. The normalized spacial score (nSPS) is 14.2. The van der Waals surface area contributed by atoms with Gasteiger partial charge < -0.3 is 0 Å². The number of hydrogen-bond acceptors (Lipinski definition) is 4. The van der Waals surface area contributed by atoms with Crippen LogP contribution >= 0.6 is 0 Å². The predicted octanol–water partition coefficient (Wildman–Crippen LogP) is 6.96. The molecule has 4 heteroatoms. The van der Waals surface area contributed by atoms with Gasteiger partial charge in [0.15, 0.2) is 0 Å². The van der Waals surface area contributed by atoms with Crippen LogP contribution in [0.2, 0.25) is 0 Å². The average molecular weight is 501 g/mol. The first kappa shape index (κ1) is 27.2. The molecule has 0 saturated heterocycles. The molecular weight excluding hydrogens is 460 g/mol. The highest BCUT2D eigenvalue weighted by Gasteiger charge is 2.33. The van der Waals surface area contributed by atoms with Gasteiger partial charge in [-0.2, -0.15) is 0 Å². The van der Waals surface area contributed by atoms with Gasteiger partial charge in [0, 0.05) is 32.7 Å². The summed E-state index contributed by atoms with van der Waals surface area (Å²) in [6.07, 6.45) is 8.51. The Balaban J connectivity index is 2.15. The van der Waals surface area contributed by atoms with E-state index in [1.165, 1.54) is 0 Å². The van der Waals surface area contributed by atoms with Crippen molar-refractivity contribution in [1.82, 2.24) is 0 Å². The summed E-state index contributed by atoms with van der Waals surface area (Å²) in [5.41, 5.74) is -0.0634. The molecule has 0 aromatic heterocycles. The average Bonchev–Trinajstić information content (AvgIpc) is 2.88. The second kappa shape index (κ2) is 10.1. The number of benzene rings is 4. The summed E-state index contributed by atoms with van der Waals surface area (Å²) in [5, 5.41) is 1.12. The summed E-state index contributed by atoms with van der Waals surface area (Å²) in [6.45, 7) is 12.8. The summed E-state index contributed by atoms with van der Waals surface area (Å²) >= 11 is 0. The summed E-state index contributed by atoms with van der Waals surface area (Å²) < 4.78 is 0. The molecule has 0 saturated carbocycles. The highest BCUT2D eigenvalue weighted by atomic mass is 16.2. The molecule has 0 heterocycles. The van der Waals surface area contributed by atoms with Crippen molar-refractivity contribution in [3.8, 4) is 11.1 Å². The van der Waals surface area contributed by atoms with Crippen LogP contribution in [0.1, 0.15) is 110 Å². The van der Waals surface area contributed by atoms with Crippen molar-refractivity contribution in [2.24, 2.45) is 0 Å². The largest absolute Gasteiger partial charge is 0.285 e. The van der Waals surface area contributed by atoms with Crippen LogP contribution in [0.25, 0.3) is 32.7 Å². The van der Waals surface area contributed by atoms with Crippen LogP contribution in [0.3, 0.4) is 0 Å². The van der Waals surface area contributed by atoms with E-state index >= 15 is 0 Å². The van der Waals surface area contributed by atoms with E-state index in [1.807, 2.05) is 24.3 Å². The molecule has 196 valence electrons. The molecule has 2 aliphatic rings. The van der Waals surface area contributed by atoms with Crippen LogP contribution in [-0.4, -0.2) is 0 Å². The maximum Gasteiger partial charge on any atom is 0.234 e. The predicted molar refractivity (Wildman–Crippen MR) is 156 cm³/mol. The number of rotatable bonds is 11. The summed E-state index contributed by atoms with van der Waals surface area (Å²) in [7, 11) is 0. The maximum absolute atomic E-state index is 13.6. The molecule has 0 amide bonds. The fourth-order valence-corrected chi connectivity index (χ4v) is 6.77. The Morgan fingerprint density at radius 1 is 0.486 bits per heavy atom. The Labute approximate surface area is 219 Å². The van der Waals surface area contributed by atoms with Crippen LogP contribution in [0, 0.1) is 0 Å². The molecule has 0 spiro atoms. The van der Waals surface area contributed by atoms with Gasteiger partial charge in [0.25, 0.3) is 0 Å². The topological polar surface area (TPSA) is 68.3 Å². The Kier molecular flexibility index (Phi) is 7.43. The van der Waals surface area contributed by atoms with E-state index in [0.717, 1.165) is 68.9 Å². The lowest BCUT2D eigenvalue weighted by molar-refractivity contribution is 0.383. The standard InChI is InChI=1S/C33H40O4/c1-7-11-15-33(6,14-10-4)21-18-24-27-25(19-21)31(37)29(35)23-17-20(32(5,12-8-2)13-9-3)16-22(26(23)27)28(34)30(24)36/h16-19H,7-15H2,1-6H3. The summed E-state index contributed by atoms with van der Waals surface area (Å²) in [4.78, 5) is 54.3. The van der Waals surface area contributed by atoms with Gasteiger partial charge >= 0.3 is 0 Å². The van der Waals surface area contributed by atoms with Gasteiger partial charge in [0.05, 0.1) is 0 Å². The third-order valence-electron chi connectivity index (χ3n) is 8.80. The minimum Gasteiger partial charge on any atom is -0.285 e. The molecule has 0 N–H and O–H groups in total. The van der Waals surface area contributed by atoms with Gasteiger partial charge in [-0.25, -0.2) is 0 Å². The zero-order valence-corrected chi connectivity index (χ0v) is 23.3. The van der Waals surface area contributed by atoms with E-state index < -0.39 is 21.7 Å². The van der Waals surface area contributed by atoms with Gasteiger partial charge in [-0.15, -0.1) is 0 Å². The van der Waals surface area contributed by atoms with Crippen molar-refractivity contribution in [2.45, 2.75) is 110 Å². The molecule has 1 unspecified atom stereocenters. The Hall–Kier alpha value is -2.88. The van der Waals surface area contributed by atoms with Gasteiger partial charge in [0.2, 0.25) is 21.7 Å². The third kappa shape index (κ3) is 4.32. The van der Waals surface area contributed by atoms with Crippen LogP contribution in [-0.2, 0) is 10.8 Å². The maximum atomic E-state index is 13.6. The van der Waals surface area contributed by atoms with E-state index in [0.29, 0.717) is 11.1 Å². The van der Waals surface area contributed by atoms with Crippen LogP contribution < -0.4 is 21.7 Å². The van der Waals surface area contributed by atoms with Crippen LogP contribution in [0.5, 0.6) is 0 Å². The Bertz CT molecular complexity index is 1510. The van der Waals surface area contributed by atoms with Gasteiger partial charge in [-0.1, -0.05) is 73.6 Å². The van der Waals surface area contributed by atoms with Gasteiger partial charge in [-0.05, 0) is 71.9 Å². The molecule has 2 aliphatic carbocycles. The minimum atomic E-state index is -0.572. The zero-order chi connectivity index (χ0) is 27.1. The quantitative estimate of drug-likeness (QED) is 0.165. The first-order chi connectivity index (χ1) is 17.6. The molecule has 0 radical (unpaired) electrons. The second-order valence-electron chi connectivity index (χ2n) is 11.7. The van der Waals surface area contributed by atoms with Crippen molar-refractivity contribution in [2.75, 3.05) is 0 Å². The highest BCUT2D eigenvalue weighted by molar-refractivity contribution is 6.11. The van der Waals surface area contributed by atoms with E-state index in [1.54, 1.807) is 0 Å². The fraction of sp³-hybridized carbons (Fsp3) is 0.515. The Morgan fingerprint density at radius 2 is 0.784 bits per heavy atom. The molecule has 37 heavy (non-hydrogen) atoms. The van der Waals surface area contributed by atoms with Crippen molar-refractivity contribution in [3.63, 3.8) is 0 Å². The number of unbranched alkanes of at least 4 members (excludes halogenated alkanes) is 1. The van der Waals surface area contributed by atoms with E-state index in [4.69, 9.17) is 0 Å². The SMILES string of the molecule is CCCCC(C)(CCC)c1cc2c3c(c1)c(=O)c(=O)c1cc(C(C)(CCC)CCC)cc(c1-3)c(=O)c2=O. The minimum absolute atomic E-state index is 0.241. The van der Waals surface area contributed by atoms with Crippen molar-refractivity contribution >= 4 is 21.5 Å². The summed E-state index contributed by atoms with van der Waals surface area (Å²) in [5.74, 6) is 0. The van der Waals surface area contributed by atoms with Crippen molar-refractivity contribution in [1.29, 1.82) is 0 Å². The fourth-order valence-electron chi connectivity index (χ4n) is 6.77. The lowest BCUT2D eigenvalue weighted by Gasteiger charge is -2.32. The lowest BCUT2D eigenvalue weighted by Crippen LogP contribution is -2.33. The first-order valence-electron chi connectivity index (χ1n) is 14.1. The van der Waals surface area contributed by atoms with E-state index in [2.05, 4.69) is 41.5 Å². The number of hydrogen-bond donors (Lipinski definition) is 0. The molecular formula is C33H40O4. The molecule has 1 atom stereocenters. The molecule has 0 aliphatic heterocycles. The van der Waals surface area contributed by atoms with Crippen molar-refractivity contribution in [3.05, 3.63) is 76.3 Å². The zero-order valence-electron chi connectivity index (χ0n) is 23.3. The van der Waals surface area contributed by atoms with Gasteiger partial charge in [-0.3, -0.25) is 19.2 Å². The first-order valence-corrected chi connectivity index (χ1v) is 14.1. The molecule has 0 fully saturated rings. The van der Waals surface area contributed by atoms with Gasteiger partial charge in [0.1, 0.15) is 0 Å². The molecule has 4 nitrogen and oxygen atoms in total. The summed E-state index contributed by atoms with van der Waals surface area (Å²) in [6, 6.07) is 7.34. The van der Waals surface area contributed by atoms with Crippen molar-refractivity contribution < 1.29 is 0 Å². The Morgan fingerprint density at radius 3 is 1.05 bits per heavy atom. The highest BCUT2D eigenvalue weighted by Crippen LogP contribution is 2.43. The molecule has 0 bridgehead atoms. The van der Waals surface area contributed by atoms with E-state index in [9.17, 15) is 19.2 Å².